The fourth-order valence-electron chi connectivity index (χ4n) is 1.23. The van der Waals surface area contributed by atoms with Crippen molar-refractivity contribution in [2.45, 2.75) is 46.5 Å². The van der Waals surface area contributed by atoms with Crippen molar-refractivity contribution in [1.82, 2.24) is 0 Å². The van der Waals surface area contributed by atoms with E-state index in [1.165, 1.54) is 32.1 Å². The second kappa shape index (κ2) is 4.60. The van der Waals surface area contributed by atoms with Gasteiger partial charge in [-0.2, -0.15) is 0 Å². The van der Waals surface area contributed by atoms with E-state index in [9.17, 15) is 0 Å². The zero-order chi connectivity index (χ0) is 5.82. The highest BCUT2D eigenvalue weighted by Crippen LogP contribution is 2.18. The molecule has 0 aliphatic heterocycles. The number of hydrogen-bond donors (Lipinski definition) is 0. The van der Waals surface area contributed by atoms with Crippen LogP contribution in [0.3, 0.4) is 0 Å². The third kappa shape index (κ3) is 2.69. The first-order valence-corrected chi connectivity index (χ1v) is 3.61. The molecule has 0 amide bonds. The zero-order valence-electron chi connectivity index (χ0n) is 5.61. The summed E-state index contributed by atoms with van der Waals surface area (Å²) >= 11 is 0. The smallest absolute Gasteiger partial charge is 0.0320 e. The molecule has 0 aromatic heterocycles. The SMILES string of the molecule is C.CCC1=CCCCC1. The van der Waals surface area contributed by atoms with Gasteiger partial charge in [0, 0.05) is 0 Å². The minimum atomic E-state index is 0. The van der Waals surface area contributed by atoms with E-state index in [1.54, 1.807) is 5.57 Å². The van der Waals surface area contributed by atoms with Gasteiger partial charge in [0.15, 0.2) is 0 Å². The van der Waals surface area contributed by atoms with E-state index in [-0.39, 0.29) is 7.43 Å². The largest absolute Gasteiger partial charge is 0.0853 e. The molecule has 0 heteroatoms. The quantitative estimate of drug-likeness (QED) is 0.471. The Hall–Kier alpha value is -0.260. The molecule has 0 saturated carbocycles. The molecular formula is C9H18. The topological polar surface area (TPSA) is 0 Å². The van der Waals surface area contributed by atoms with Crippen LogP contribution in [0.2, 0.25) is 0 Å². The maximum atomic E-state index is 2.41. The molecule has 0 nitrogen and oxygen atoms in total. The summed E-state index contributed by atoms with van der Waals surface area (Å²) < 4.78 is 0. The lowest BCUT2D eigenvalue weighted by Crippen LogP contribution is -1.88. The van der Waals surface area contributed by atoms with Gasteiger partial charge in [-0.05, 0) is 32.1 Å². The summed E-state index contributed by atoms with van der Waals surface area (Å²) in [6.45, 7) is 2.25. The molecule has 0 radical (unpaired) electrons. The summed E-state index contributed by atoms with van der Waals surface area (Å²) in [5, 5.41) is 0. The van der Waals surface area contributed by atoms with Gasteiger partial charge in [0.2, 0.25) is 0 Å². The molecule has 0 atom stereocenters. The Morgan fingerprint density at radius 1 is 1.44 bits per heavy atom. The van der Waals surface area contributed by atoms with Crippen LogP contribution in [0, 0.1) is 0 Å². The van der Waals surface area contributed by atoms with Gasteiger partial charge in [0.25, 0.3) is 0 Å². The Kier molecular flexibility index (Phi) is 4.47. The number of hydrogen-bond acceptors (Lipinski definition) is 0. The van der Waals surface area contributed by atoms with Crippen LogP contribution in [0.1, 0.15) is 46.5 Å². The summed E-state index contributed by atoms with van der Waals surface area (Å²) in [5.41, 5.74) is 1.68. The predicted molar refractivity (Wildman–Crippen MR) is 43.6 cm³/mol. The monoisotopic (exact) mass is 126 g/mol. The van der Waals surface area contributed by atoms with E-state index in [4.69, 9.17) is 0 Å². The van der Waals surface area contributed by atoms with Crippen molar-refractivity contribution in [1.29, 1.82) is 0 Å². The van der Waals surface area contributed by atoms with Crippen molar-refractivity contribution in [2.24, 2.45) is 0 Å². The molecule has 0 N–H and O–H groups in total. The first kappa shape index (κ1) is 8.74. The summed E-state index contributed by atoms with van der Waals surface area (Å²) in [4.78, 5) is 0. The van der Waals surface area contributed by atoms with Gasteiger partial charge >= 0.3 is 0 Å². The predicted octanol–water partition coefficient (Wildman–Crippen LogP) is 3.53. The first-order valence-electron chi connectivity index (χ1n) is 3.61. The Morgan fingerprint density at radius 3 is 2.56 bits per heavy atom. The van der Waals surface area contributed by atoms with Crippen LogP contribution in [0.4, 0.5) is 0 Å². The fraction of sp³-hybridized carbons (Fsp3) is 0.778. The van der Waals surface area contributed by atoms with Crippen LogP contribution in [0.15, 0.2) is 11.6 Å². The van der Waals surface area contributed by atoms with Crippen molar-refractivity contribution >= 4 is 0 Å². The number of allylic oxidation sites excluding steroid dienone is 2. The normalized spacial score (nSPS) is 18.1. The second-order valence-electron chi connectivity index (χ2n) is 2.46. The highest BCUT2D eigenvalue weighted by atomic mass is 14.0. The van der Waals surface area contributed by atoms with Gasteiger partial charge in [0.1, 0.15) is 0 Å². The molecule has 0 spiro atoms. The minimum absolute atomic E-state index is 0. The van der Waals surface area contributed by atoms with Crippen LogP contribution >= 0.6 is 0 Å². The van der Waals surface area contributed by atoms with E-state index in [2.05, 4.69) is 13.0 Å². The molecule has 1 aliphatic carbocycles. The van der Waals surface area contributed by atoms with Crippen LogP contribution in [-0.4, -0.2) is 0 Å². The van der Waals surface area contributed by atoms with E-state index < -0.39 is 0 Å². The Morgan fingerprint density at radius 2 is 2.22 bits per heavy atom. The minimum Gasteiger partial charge on any atom is -0.0853 e. The Labute approximate surface area is 59.0 Å². The van der Waals surface area contributed by atoms with Crippen molar-refractivity contribution < 1.29 is 0 Å². The van der Waals surface area contributed by atoms with Crippen LogP contribution in [0.25, 0.3) is 0 Å². The molecule has 0 aromatic rings. The highest BCUT2D eigenvalue weighted by molar-refractivity contribution is 5.03. The first-order chi connectivity index (χ1) is 3.93. The fourth-order valence-corrected chi connectivity index (χ4v) is 1.23. The Balaban J connectivity index is 0.000000640. The van der Waals surface area contributed by atoms with Gasteiger partial charge in [-0.3, -0.25) is 0 Å². The summed E-state index contributed by atoms with van der Waals surface area (Å²) in [6, 6.07) is 0. The van der Waals surface area contributed by atoms with E-state index in [0.717, 1.165) is 0 Å². The highest BCUT2D eigenvalue weighted by Gasteiger charge is 1.98. The molecular weight excluding hydrogens is 108 g/mol. The third-order valence-corrected chi connectivity index (χ3v) is 1.84. The third-order valence-electron chi connectivity index (χ3n) is 1.84. The van der Waals surface area contributed by atoms with Crippen LogP contribution < -0.4 is 0 Å². The molecule has 1 rings (SSSR count). The van der Waals surface area contributed by atoms with Gasteiger partial charge in [-0.15, -0.1) is 0 Å². The molecule has 54 valence electrons. The van der Waals surface area contributed by atoms with E-state index >= 15 is 0 Å². The summed E-state index contributed by atoms with van der Waals surface area (Å²) in [7, 11) is 0. The lowest BCUT2D eigenvalue weighted by atomic mass is 9.98. The zero-order valence-corrected chi connectivity index (χ0v) is 5.61. The number of rotatable bonds is 1. The summed E-state index contributed by atoms with van der Waals surface area (Å²) in [5.74, 6) is 0. The van der Waals surface area contributed by atoms with Crippen LogP contribution in [0.5, 0.6) is 0 Å². The molecule has 0 saturated heterocycles. The van der Waals surface area contributed by atoms with Crippen molar-refractivity contribution in [3.63, 3.8) is 0 Å². The van der Waals surface area contributed by atoms with Crippen molar-refractivity contribution in [3.8, 4) is 0 Å². The van der Waals surface area contributed by atoms with Gasteiger partial charge in [-0.1, -0.05) is 26.0 Å². The van der Waals surface area contributed by atoms with Crippen LogP contribution in [-0.2, 0) is 0 Å². The van der Waals surface area contributed by atoms with E-state index in [0.29, 0.717) is 0 Å². The van der Waals surface area contributed by atoms with Gasteiger partial charge in [-0.25, -0.2) is 0 Å². The molecule has 0 heterocycles. The van der Waals surface area contributed by atoms with Gasteiger partial charge in [0.05, 0.1) is 0 Å². The lowest BCUT2D eigenvalue weighted by Gasteiger charge is -2.08. The molecule has 9 heavy (non-hydrogen) atoms. The molecule has 1 aliphatic rings. The molecule has 0 bridgehead atoms. The van der Waals surface area contributed by atoms with Crippen molar-refractivity contribution in [2.75, 3.05) is 0 Å². The average molecular weight is 126 g/mol. The maximum Gasteiger partial charge on any atom is -0.0320 e. The average Bonchev–Trinajstić information content (AvgIpc) is 1.90. The van der Waals surface area contributed by atoms with Gasteiger partial charge < -0.3 is 0 Å². The Bertz CT molecular complexity index is 90.2. The molecule has 0 fully saturated rings. The van der Waals surface area contributed by atoms with Crippen molar-refractivity contribution in [3.05, 3.63) is 11.6 Å². The summed E-state index contributed by atoms with van der Waals surface area (Å²) in [6.07, 6.45) is 9.24. The maximum absolute atomic E-state index is 2.41. The molecule has 0 aromatic carbocycles. The lowest BCUT2D eigenvalue weighted by molar-refractivity contribution is 0.684. The second-order valence-corrected chi connectivity index (χ2v) is 2.46. The molecule has 0 unspecified atom stereocenters. The van der Waals surface area contributed by atoms with E-state index in [1.807, 2.05) is 0 Å². The standard InChI is InChI=1S/C8H14.CH4/c1-2-8-6-4-3-5-7-8;/h6H,2-5,7H2,1H3;1H4.